The Labute approximate surface area is 393 Å². The molecule has 0 aromatic rings. The lowest BCUT2D eigenvalue weighted by atomic mass is 10.0. The molecule has 0 bridgehead atoms. The van der Waals surface area contributed by atoms with Crippen molar-refractivity contribution in [2.45, 2.75) is 329 Å². The molecule has 0 aliphatic rings. The highest BCUT2D eigenvalue weighted by atomic mass is 16.6. The van der Waals surface area contributed by atoms with Crippen LogP contribution < -0.4 is 0 Å². The predicted molar refractivity (Wildman–Crippen MR) is 270 cm³/mol. The first-order valence-electron chi connectivity index (χ1n) is 28.4. The minimum atomic E-state index is -0.761. The van der Waals surface area contributed by atoms with Gasteiger partial charge in [0, 0.05) is 19.3 Å². The Morgan fingerprint density at radius 2 is 0.524 bits per heavy atom. The molecule has 0 unspecified atom stereocenters. The molecule has 0 spiro atoms. The van der Waals surface area contributed by atoms with Crippen molar-refractivity contribution in [1.29, 1.82) is 0 Å². The molecule has 6 heteroatoms. The predicted octanol–water partition coefficient (Wildman–Crippen LogP) is 18.6. The summed E-state index contributed by atoms with van der Waals surface area (Å²) in [4.78, 5) is 38.0. The van der Waals surface area contributed by atoms with Gasteiger partial charge in [-0.25, -0.2) is 0 Å². The molecular formula is C57H110O6. The zero-order valence-corrected chi connectivity index (χ0v) is 43.0. The SMILES string of the molecule is CCCCCCCCCCCCCCCCCC(=O)O[C@H](COC(=O)CCCCCCCCCCCCC)COC(=O)CCCCCCCCCCCCCCCCCCC(C)C. The Hall–Kier alpha value is -1.59. The van der Waals surface area contributed by atoms with E-state index < -0.39 is 6.10 Å². The lowest BCUT2D eigenvalue weighted by molar-refractivity contribution is -0.167. The van der Waals surface area contributed by atoms with E-state index >= 15 is 0 Å². The van der Waals surface area contributed by atoms with Gasteiger partial charge in [0.15, 0.2) is 6.10 Å². The molecule has 0 fully saturated rings. The highest BCUT2D eigenvalue weighted by Crippen LogP contribution is 2.18. The zero-order chi connectivity index (χ0) is 45.9. The maximum Gasteiger partial charge on any atom is 0.306 e. The molecule has 0 aliphatic heterocycles. The Morgan fingerprint density at radius 3 is 0.778 bits per heavy atom. The van der Waals surface area contributed by atoms with Gasteiger partial charge in [0.25, 0.3) is 0 Å². The standard InChI is InChI=1S/C57H110O6/c1-5-7-9-11-13-15-17-18-21-26-30-34-38-42-46-50-57(60)63-54(51-61-55(58)48-44-40-36-32-27-16-14-12-10-8-6-2)52-62-56(59)49-45-41-37-33-29-25-23-20-19-22-24-28-31-35-39-43-47-53(3)4/h53-54H,5-52H2,1-4H3/t54-/m1/s1. The molecule has 0 aliphatic carbocycles. The summed E-state index contributed by atoms with van der Waals surface area (Å²) >= 11 is 0. The lowest BCUT2D eigenvalue weighted by Gasteiger charge is -2.18. The fourth-order valence-electron chi connectivity index (χ4n) is 8.75. The van der Waals surface area contributed by atoms with Crippen LogP contribution in [0.25, 0.3) is 0 Å². The van der Waals surface area contributed by atoms with Crippen LogP contribution in [-0.2, 0) is 28.6 Å². The van der Waals surface area contributed by atoms with Crippen LogP contribution in [-0.4, -0.2) is 37.2 Å². The minimum Gasteiger partial charge on any atom is -0.462 e. The van der Waals surface area contributed by atoms with E-state index in [2.05, 4.69) is 27.7 Å². The van der Waals surface area contributed by atoms with Gasteiger partial charge in [-0.3, -0.25) is 14.4 Å². The summed E-state index contributed by atoms with van der Waals surface area (Å²) in [5.41, 5.74) is 0. The van der Waals surface area contributed by atoms with Crippen LogP contribution in [0.4, 0.5) is 0 Å². The van der Waals surface area contributed by atoms with Crippen LogP contribution in [0.1, 0.15) is 323 Å². The van der Waals surface area contributed by atoms with E-state index in [0.717, 1.165) is 63.7 Å². The summed E-state index contributed by atoms with van der Waals surface area (Å²) in [7, 11) is 0. The first-order valence-corrected chi connectivity index (χ1v) is 28.4. The Kier molecular flexibility index (Phi) is 50.1. The van der Waals surface area contributed by atoms with Gasteiger partial charge in [-0.2, -0.15) is 0 Å². The summed E-state index contributed by atoms with van der Waals surface area (Å²) in [5, 5.41) is 0. The first kappa shape index (κ1) is 61.4. The van der Waals surface area contributed by atoms with Crippen molar-refractivity contribution < 1.29 is 28.6 Å². The molecule has 0 aromatic heterocycles. The largest absolute Gasteiger partial charge is 0.462 e. The monoisotopic (exact) mass is 891 g/mol. The first-order chi connectivity index (χ1) is 30.9. The maximum atomic E-state index is 12.8. The molecule has 0 saturated carbocycles. The van der Waals surface area contributed by atoms with E-state index in [9.17, 15) is 14.4 Å². The number of esters is 3. The molecule has 63 heavy (non-hydrogen) atoms. The van der Waals surface area contributed by atoms with Crippen LogP contribution in [0, 0.1) is 5.92 Å². The topological polar surface area (TPSA) is 78.9 Å². The second kappa shape index (κ2) is 51.4. The third kappa shape index (κ3) is 51.3. The number of carbonyl (C=O) groups excluding carboxylic acids is 3. The zero-order valence-electron chi connectivity index (χ0n) is 43.0. The second-order valence-corrected chi connectivity index (χ2v) is 20.1. The minimum absolute atomic E-state index is 0.0619. The highest BCUT2D eigenvalue weighted by Gasteiger charge is 2.19. The Morgan fingerprint density at radius 1 is 0.302 bits per heavy atom. The number of unbranched alkanes of at least 4 members (excludes halogenated alkanes) is 39. The van der Waals surface area contributed by atoms with E-state index in [1.54, 1.807) is 0 Å². The second-order valence-electron chi connectivity index (χ2n) is 20.1. The van der Waals surface area contributed by atoms with Crippen LogP contribution in [0.5, 0.6) is 0 Å². The van der Waals surface area contributed by atoms with Crippen LogP contribution >= 0.6 is 0 Å². The highest BCUT2D eigenvalue weighted by molar-refractivity contribution is 5.71. The van der Waals surface area contributed by atoms with E-state index in [1.807, 2.05) is 0 Å². The van der Waals surface area contributed by atoms with Crippen molar-refractivity contribution in [1.82, 2.24) is 0 Å². The fourth-order valence-corrected chi connectivity index (χ4v) is 8.75. The molecule has 0 heterocycles. The summed E-state index contributed by atoms with van der Waals surface area (Å²) in [6.07, 6.45) is 55.2. The number of ether oxygens (including phenoxy) is 3. The quantitative estimate of drug-likeness (QED) is 0.0344. The van der Waals surface area contributed by atoms with Crippen molar-refractivity contribution in [3.8, 4) is 0 Å². The Balaban J connectivity index is 4.25. The molecule has 374 valence electrons. The number of rotatable bonds is 52. The van der Waals surface area contributed by atoms with Crippen molar-refractivity contribution in [3.05, 3.63) is 0 Å². The van der Waals surface area contributed by atoms with Crippen LogP contribution in [0.15, 0.2) is 0 Å². The smallest absolute Gasteiger partial charge is 0.306 e. The molecule has 0 N–H and O–H groups in total. The van der Waals surface area contributed by atoms with Gasteiger partial charge in [0.1, 0.15) is 13.2 Å². The Bertz CT molecular complexity index is 949. The number of hydrogen-bond donors (Lipinski definition) is 0. The van der Waals surface area contributed by atoms with Crippen LogP contribution in [0.2, 0.25) is 0 Å². The molecule has 6 nitrogen and oxygen atoms in total. The summed E-state index contributed by atoms with van der Waals surface area (Å²) < 4.78 is 16.9. The van der Waals surface area contributed by atoms with Gasteiger partial charge in [0.05, 0.1) is 0 Å². The van der Waals surface area contributed by atoms with Gasteiger partial charge in [-0.05, 0) is 25.2 Å². The molecule has 0 rings (SSSR count). The third-order valence-corrected chi connectivity index (χ3v) is 13.0. The summed E-state index contributed by atoms with van der Waals surface area (Å²) in [5.74, 6) is 0.0156. The maximum absolute atomic E-state index is 12.8. The van der Waals surface area contributed by atoms with Crippen molar-refractivity contribution in [3.63, 3.8) is 0 Å². The van der Waals surface area contributed by atoms with E-state index in [1.165, 1.54) is 218 Å². The van der Waals surface area contributed by atoms with E-state index in [4.69, 9.17) is 14.2 Å². The molecule has 1 atom stereocenters. The molecule has 0 radical (unpaired) electrons. The fraction of sp³-hybridized carbons (Fsp3) is 0.947. The molecule has 0 saturated heterocycles. The average molecular weight is 892 g/mol. The molecule has 0 amide bonds. The van der Waals surface area contributed by atoms with Crippen LogP contribution in [0.3, 0.4) is 0 Å². The van der Waals surface area contributed by atoms with Crippen molar-refractivity contribution in [2.24, 2.45) is 5.92 Å². The lowest BCUT2D eigenvalue weighted by Crippen LogP contribution is -2.30. The summed E-state index contributed by atoms with van der Waals surface area (Å²) in [6, 6.07) is 0. The van der Waals surface area contributed by atoms with Gasteiger partial charge in [0.2, 0.25) is 0 Å². The molecular weight excluding hydrogens is 781 g/mol. The normalized spacial score (nSPS) is 12.0. The average Bonchev–Trinajstić information content (AvgIpc) is 3.27. The van der Waals surface area contributed by atoms with Gasteiger partial charge >= 0.3 is 17.9 Å². The number of hydrogen-bond acceptors (Lipinski definition) is 6. The van der Waals surface area contributed by atoms with Crippen molar-refractivity contribution in [2.75, 3.05) is 13.2 Å². The number of carbonyl (C=O) groups is 3. The van der Waals surface area contributed by atoms with Gasteiger partial charge in [-0.15, -0.1) is 0 Å². The van der Waals surface area contributed by atoms with E-state index in [-0.39, 0.29) is 31.1 Å². The van der Waals surface area contributed by atoms with Gasteiger partial charge in [-0.1, -0.05) is 285 Å². The third-order valence-electron chi connectivity index (χ3n) is 13.0. The molecule has 0 aromatic carbocycles. The van der Waals surface area contributed by atoms with E-state index in [0.29, 0.717) is 19.3 Å². The van der Waals surface area contributed by atoms with Crippen molar-refractivity contribution >= 4 is 17.9 Å². The summed E-state index contributed by atoms with van der Waals surface area (Å²) in [6.45, 7) is 9.06. The van der Waals surface area contributed by atoms with Gasteiger partial charge < -0.3 is 14.2 Å².